The van der Waals surface area contributed by atoms with E-state index in [0.29, 0.717) is 0 Å². The first-order valence-corrected chi connectivity index (χ1v) is 0. The largest absolute Gasteiger partial charge is 4.00 e. The third kappa shape index (κ3) is 878. The molecule has 7 heavy (non-hydrogen) atoms. The van der Waals surface area contributed by atoms with Crippen molar-refractivity contribution in [3.05, 3.63) is 27.2 Å². The maximum absolute atomic E-state index is 0. The summed E-state index contributed by atoms with van der Waals surface area (Å²) in [5.74, 6) is 0. The summed E-state index contributed by atoms with van der Waals surface area (Å²) in [4.78, 5) is 0. The molecule has 0 aliphatic heterocycles. The van der Waals surface area contributed by atoms with Crippen molar-refractivity contribution in [2.24, 2.45) is 0 Å². The predicted octanol–water partition coefficient (Wildman–Crippen LogP) is 0.683. The van der Waals surface area contributed by atoms with Crippen molar-refractivity contribution in [1.82, 2.24) is 0 Å². The second-order valence-electron chi connectivity index (χ2n) is 0. The first kappa shape index (κ1) is 2160. The van der Waals surface area contributed by atoms with Crippen LogP contribution in [0, 0.1) is 14.9 Å². The van der Waals surface area contributed by atoms with E-state index in [9.17, 15) is 0 Å². The van der Waals surface area contributed by atoms with Gasteiger partial charge in [-0.3, -0.25) is 0 Å². The molecule has 8 N–H and O–H groups in total. The Bertz CT molecular complexity index is 13.7. The molecule has 0 aromatic rings. The van der Waals surface area contributed by atoms with Gasteiger partial charge in [-0.2, -0.15) is 0 Å². The third-order valence-corrected chi connectivity index (χ3v) is 0. The van der Waals surface area contributed by atoms with Crippen molar-refractivity contribution in [3.63, 3.8) is 0 Å². The van der Waals surface area contributed by atoms with E-state index in [1.165, 1.54) is 0 Å². The average molecular weight is 150 g/mol. The zero-order valence-electron chi connectivity index (χ0n) is 4.56. The summed E-state index contributed by atoms with van der Waals surface area (Å²) in [5, 5.41) is 0. The first-order valence-electron chi connectivity index (χ1n) is 0. The summed E-state index contributed by atoms with van der Waals surface area (Å²) in [6.45, 7) is 0. The molecule has 0 aromatic heterocycles. The van der Waals surface area contributed by atoms with Gasteiger partial charge in [-0.05, 0) is 0 Å². The molecular weight excluding hydrogens is 136 g/mol. The van der Waals surface area contributed by atoms with Gasteiger partial charge in [0.2, 0.25) is 0 Å². The minimum absolute atomic E-state index is 0. The molecule has 5 heteroatoms. The van der Waals surface area contributed by atoms with Gasteiger partial charge in [0.25, 0.3) is 0 Å². The Hall–Kier alpha value is 0.372. The maximum atomic E-state index is 0. The quantitative estimate of drug-likeness (QED) is 0.449. The molecule has 0 atom stereocenters. The Kier molecular flexibility index (Phi) is 409000. The van der Waals surface area contributed by atoms with Crippen molar-refractivity contribution in [2.75, 3.05) is 0 Å². The Morgan fingerprint density at radius 2 is 0.571 bits per heavy atom. The van der Waals surface area contributed by atoms with Crippen molar-refractivity contribution in [3.8, 4) is 0 Å². The van der Waals surface area contributed by atoms with Gasteiger partial charge in [0.05, 0.1) is 0 Å². The summed E-state index contributed by atoms with van der Waals surface area (Å²) in [6.07, 6.45) is 0. The van der Waals surface area contributed by atoms with Crippen LogP contribution in [0.25, 0.3) is 12.3 Å². The van der Waals surface area contributed by atoms with Crippen molar-refractivity contribution < 1.29 is 28.3 Å². The van der Waals surface area contributed by atoms with Gasteiger partial charge in [0.15, 0.2) is 0 Å². The number of hydrogen-bond donors (Lipinski definition) is 0. The molecule has 0 radical (unpaired) electrons. The van der Waals surface area contributed by atoms with E-state index in [1.807, 2.05) is 0 Å². The topological polar surface area (TPSA) is 130 Å². The summed E-state index contributed by atoms with van der Waals surface area (Å²) in [7, 11) is 0. The molecule has 4 nitrogen and oxygen atoms in total. The van der Waals surface area contributed by atoms with Crippen LogP contribution in [0.15, 0.2) is 0 Å². The number of hydrogen-bond acceptors (Lipinski definition) is 0. The smallest absolute Gasteiger partial charge is 0.693 e. The first-order chi connectivity index (χ1) is 0. The number of rotatable bonds is 0. The van der Waals surface area contributed by atoms with Gasteiger partial charge in [-0.15, -0.1) is 0 Å². The number of nitrogens with two attached hydrogens (primary N) is 2. The van der Waals surface area contributed by atoms with E-state index >= 15 is 0 Å². The molecule has 0 saturated carbocycles. The van der Waals surface area contributed by atoms with Crippen LogP contribution >= 0.6 is 0 Å². The van der Waals surface area contributed by atoms with Crippen molar-refractivity contribution in [1.29, 1.82) is 0 Å². The maximum Gasteiger partial charge on any atom is 4.00 e. The molecule has 0 amide bonds. The van der Waals surface area contributed by atoms with Crippen LogP contribution in [0.3, 0.4) is 0 Å². The van der Waals surface area contributed by atoms with Crippen LogP contribution < -0.4 is 0 Å². The molecule has 50 valence electrons. The van der Waals surface area contributed by atoms with Crippen LogP contribution in [-0.2, 0) is 17.4 Å². The second-order valence-corrected chi connectivity index (χ2v) is 0. The Morgan fingerprint density at radius 3 is 0.571 bits per heavy atom. The molecular formula is C2H14CrN2O2. The van der Waals surface area contributed by atoms with Gasteiger partial charge >= 0.3 is 17.4 Å². The van der Waals surface area contributed by atoms with Crippen molar-refractivity contribution in [2.45, 2.75) is 0 Å². The molecule has 0 unspecified atom stereocenters. The molecule has 0 aromatic carbocycles. The van der Waals surface area contributed by atoms with Crippen LogP contribution in [0.1, 0.15) is 0 Å². The molecule has 0 aliphatic rings. The zero-order valence-corrected chi connectivity index (χ0v) is 5.84. The predicted molar refractivity (Wildman–Crippen MR) is 30.6 cm³/mol. The minimum Gasteiger partial charge on any atom is -0.693 e. The van der Waals surface area contributed by atoms with E-state index in [1.54, 1.807) is 0 Å². The van der Waals surface area contributed by atoms with E-state index < -0.39 is 0 Å². The monoisotopic (exact) mass is 150 g/mol. The zero-order chi connectivity index (χ0) is 0. The minimum atomic E-state index is 0. The molecule has 0 heterocycles. The molecule has 0 saturated heterocycles. The van der Waals surface area contributed by atoms with Crippen molar-refractivity contribution >= 4 is 0 Å². The summed E-state index contributed by atoms with van der Waals surface area (Å²) < 4.78 is 0. The molecule has 0 bridgehead atoms. The van der Waals surface area contributed by atoms with Crippen LogP contribution in [0.2, 0.25) is 0 Å². The van der Waals surface area contributed by atoms with Gasteiger partial charge < -0.3 is 38.1 Å². The van der Waals surface area contributed by atoms with E-state index in [0.717, 1.165) is 0 Å². The van der Waals surface area contributed by atoms with E-state index in [4.69, 9.17) is 0 Å². The standard InChI is InChI=1S/2CH3.Cr.2H2N.2H2O/h2*1H3;;4*1H2/q2*-1;+4;2*-1;;. The fourth-order valence-corrected chi connectivity index (χ4v) is 0. The van der Waals surface area contributed by atoms with Gasteiger partial charge in [-0.1, -0.05) is 0 Å². The molecule has 0 fully saturated rings. The van der Waals surface area contributed by atoms with Gasteiger partial charge in [-0.25, -0.2) is 0 Å². The van der Waals surface area contributed by atoms with Crippen LogP contribution in [-0.4, -0.2) is 11.0 Å². The third-order valence-electron chi connectivity index (χ3n) is 0. The molecule has 0 spiro atoms. The molecule has 0 aliphatic carbocycles. The Balaban J connectivity index is 0. The summed E-state index contributed by atoms with van der Waals surface area (Å²) >= 11 is 0. The molecule has 0 rings (SSSR count). The van der Waals surface area contributed by atoms with E-state index in [-0.39, 0.29) is 55.5 Å². The SMILES string of the molecule is O.O.[CH3-].[CH3-].[Cr+4].[NH2-].[NH2-]. The summed E-state index contributed by atoms with van der Waals surface area (Å²) in [6, 6.07) is 0. The van der Waals surface area contributed by atoms with Crippen LogP contribution in [0.5, 0.6) is 0 Å². The van der Waals surface area contributed by atoms with Gasteiger partial charge in [0.1, 0.15) is 0 Å². The van der Waals surface area contributed by atoms with Gasteiger partial charge in [0, 0.05) is 0 Å². The van der Waals surface area contributed by atoms with E-state index in [2.05, 4.69) is 0 Å². The average Bonchev–Trinajstić information content (AvgIpc) is 0. The Labute approximate surface area is 56.2 Å². The Morgan fingerprint density at radius 1 is 0.571 bits per heavy atom. The fourth-order valence-electron chi connectivity index (χ4n) is 0. The normalized spacial score (nSPS) is 0. The summed E-state index contributed by atoms with van der Waals surface area (Å²) in [5.41, 5.74) is 0. The second kappa shape index (κ2) is 1330. The fraction of sp³-hybridized carbons (Fsp3) is 0. The van der Waals surface area contributed by atoms with Crippen LogP contribution in [0.4, 0.5) is 0 Å².